The number of anilines is 6. The summed E-state index contributed by atoms with van der Waals surface area (Å²) in [6.45, 7) is 18.8. The summed E-state index contributed by atoms with van der Waals surface area (Å²) in [5.41, 5.74) is 48.8. The molecule has 10 aliphatic heterocycles. The van der Waals surface area contributed by atoms with E-state index < -0.39 is 11.3 Å². The SMILES string of the molecule is CC1(C)c2ccccc2N2c3c1ccc1c3C34c5c(cccc5-n5c6ccccc6c6c(-c7ccc(-c8ccccc8)cc7)cc([n+]3c65)-c3cc(-c5ccc(-c6ccccc6)cc5)cc2[n+]34)O1.Cc1cc(-c2ccccc2)cc(C)c1-c1cc2[n+]3c(c1)N1c4ccccc4C(C)(C)c4ccc5c(c41)C31c3c(cccc3-n3c4ccccc4c4c(-c6c(C)cc(-c7ccccc7)cc6C)cc-2[n+]1c43)O5. The van der Waals surface area contributed by atoms with Crippen molar-refractivity contribution in [1.29, 1.82) is 0 Å². The van der Waals surface area contributed by atoms with E-state index in [1.165, 1.54) is 239 Å². The lowest BCUT2D eigenvalue weighted by atomic mass is 9.70. The summed E-state index contributed by atoms with van der Waals surface area (Å²) < 4.78 is 30.5. The first-order valence-electron chi connectivity index (χ1n) is 48.4. The number of benzene rings is 16. The average Bonchev–Trinajstić information content (AvgIpc) is 1.43. The van der Waals surface area contributed by atoms with Gasteiger partial charge < -0.3 is 9.47 Å². The largest absolute Gasteiger partial charge is 0.456 e. The zero-order valence-electron chi connectivity index (χ0n) is 77.3. The van der Waals surface area contributed by atoms with E-state index in [4.69, 9.17) is 9.47 Å². The Balaban J connectivity index is 0.000000128. The fourth-order valence-electron chi connectivity index (χ4n) is 27.1. The number of rotatable bonds is 8. The van der Waals surface area contributed by atoms with Gasteiger partial charge in [0.15, 0.2) is 34.2 Å². The molecule has 0 amide bonds. The van der Waals surface area contributed by atoms with Crippen molar-refractivity contribution in [1.82, 2.24) is 9.13 Å². The van der Waals surface area contributed by atoms with E-state index in [0.29, 0.717) is 0 Å². The number of pyridine rings is 4. The van der Waals surface area contributed by atoms with Crippen LogP contribution in [-0.2, 0) is 22.2 Å². The van der Waals surface area contributed by atoms with E-state index in [0.717, 1.165) is 51.7 Å². The summed E-state index contributed by atoms with van der Waals surface area (Å²) in [6.07, 6.45) is 0. The van der Waals surface area contributed by atoms with Crippen molar-refractivity contribution in [3.63, 3.8) is 0 Å². The van der Waals surface area contributed by atoms with Gasteiger partial charge in [0.1, 0.15) is 79.0 Å². The molecule has 2 unspecified atom stereocenters. The van der Waals surface area contributed by atoms with E-state index in [2.05, 4.69) is 481 Å². The Morgan fingerprint density at radius 1 is 0.239 bits per heavy atom. The van der Waals surface area contributed by atoms with E-state index >= 15 is 0 Å². The first kappa shape index (κ1) is 76.3. The molecule has 0 aliphatic carbocycles. The molecule has 32 rings (SSSR count). The van der Waals surface area contributed by atoms with Crippen LogP contribution in [0.15, 0.2) is 388 Å². The van der Waals surface area contributed by atoms with E-state index in [1.54, 1.807) is 0 Å². The molecule has 0 saturated carbocycles. The first-order valence-corrected chi connectivity index (χ1v) is 48.4. The molecule has 6 aromatic heterocycles. The number of aromatic nitrogens is 6. The van der Waals surface area contributed by atoms with Crippen LogP contribution >= 0.6 is 0 Å². The Labute approximate surface area is 798 Å². The summed E-state index contributed by atoms with van der Waals surface area (Å²) in [4.78, 5) is 5.16. The minimum Gasteiger partial charge on any atom is -0.456 e. The molecule has 2 atom stereocenters. The van der Waals surface area contributed by atoms with Gasteiger partial charge in [-0.15, -0.1) is 0 Å². The summed E-state index contributed by atoms with van der Waals surface area (Å²) >= 11 is 0. The Bertz CT molecular complexity index is 9330. The van der Waals surface area contributed by atoms with Crippen molar-refractivity contribution >= 4 is 78.3 Å². The van der Waals surface area contributed by atoms with E-state index in [1.807, 2.05) is 0 Å². The predicted molar refractivity (Wildman–Crippen MR) is 553 cm³/mol. The zero-order chi connectivity index (χ0) is 91.3. The van der Waals surface area contributed by atoms with Crippen molar-refractivity contribution < 1.29 is 27.7 Å². The standard InChI is InChI=1S/C66H48N4O.C62H40N4O/c1-37-30-43(41-18-9-7-10-19-41)31-38(2)58(37)45-34-53-54-36-47(59-39(3)32-44(33-40(59)4)42-20-11-8-12-21-42)60-46-22-13-15-24-50(46)67-52-26-17-27-55-61(52)66(70(54)64(60)67)62-56(71-55)29-28-49-63(62)68(57(35-45)69(53)66)51-25-16-14-23-48(51)65(49,5)6;1-61(2)46-19-10-12-21-49(46)64-55-35-43(41-26-24-39(25-27-41)37-14-5-3-6-15-37)34-51-52-36-45(42-30-28-40(29-31-42)38-16-7-4-8-17-38)56-44-18-9-11-20-48(44)63-50-22-13-23-53-57(50)62(65(51)55,66(52)60(56)63)58-54(67-53)33-32-47(61)59(58)64/h7-36H,1-6H3;3-36H,1-2H3/q2*+2. The highest BCUT2D eigenvalue weighted by Gasteiger charge is 2.74. The normalized spacial score (nSPS) is 16.4. The molecule has 10 aliphatic rings. The number of ether oxygens (including phenoxy) is 2. The minimum absolute atomic E-state index is 0.287. The highest BCUT2D eigenvalue weighted by atomic mass is 16.5. The van der Waals surface area contributed by atoms with Crippen molar-refractivity contribution in [2.75, 3.05) is 9.80 Å². The smallest absolute Gasteiger partial charge is 0.323 e. The summed E-state index contributed by atoms with van der Waals surface area (Å²) in [5.74, 6) is 5.84. The second kappa shape index (κ2) is 26.5. The molecular formula is C128H88N8O2+4. The van der Waals surface area contributed by atoms with Gasteiger partial charge in [0, 0.05) is 67.1 Å². The second-order valence-corrected chi connectivity index (χ2v) is 40.4. The van der Waals surface area contributed by atoms with Gasteiger partial charge in [0.05, 0.1) is 10.8 Å². The van der Waals surface area contributed by atoms with Crippen LogP contribution in [0.4, 0.5) is 34.4 Å². The predicted octanol–water partition coefficient (Wildman–Crippen LogP) is 29.5. The molecule has 0 N–H and O–H groups in total. The molecule has 2 spiro atoms. The third kappa shape index (κ3) is 9.33. The van der Waals surface area contributed by atoms with Gasteiger partial charge in [-0.05, 0) is 225 Å². The van der Waals surface area contributed by atoms with Crippen LogP contribution < -0.4 is 37.5 Å². The van der Waals surface area contributed by atoms with Crippen LogP contribution in [-0.4, -0.2) is 9.13 Å². The van der Waals surface area contributed by atoms with Crippen molar-refractivity contribution in [2.24, 2.45) is 0 Å². The molecule has 22 aromatic rings. The first-order chi connectivity index (χ1) is 67.6. The van der Waals surface area contributed by atoms with Crippen LogP contribution in [0.1, 0.15) is 94.5 Å². The van der Waals surface area contributed by atoms with Crippen molar-refractivity contribution in [2.45, 2.75) is 77.5 Å². The zero-order valence-corrected chi connectivity index (χ0v) is 77.3. The Hall–Kier alpha value is -17.1. The van der Waals surface area contributed by atoms with Gasteiger partial charge in [-0.2, -0.15) is 37.2 Å². The average molecular weight is 1770 g/mol. The third-order valence-electron chi connectivity index (χ3n) is 32.6. The maximum Gasteiger partial charge on any atom is 0.323 e. The lowest BCUT2D eigenvalue weighted by Gasteiger charge is -2.46. The molecule has 0 fully saturated rings. The molecule has 0 saturated heterocycles. The molecule has 0 radical (unpaired) electrons. The molecule has 16 aromatic carbocycles. The molecule has 138 heavy (non-hydrogen) atoms. The summed E-state index contributed by atoms with van der Waals surface area (Å²) in [7, 11) is 0. The molecule has 10 heteroatoms. The van der Waals surface area contributed by atoms with Crippen LogP contribution in [0.3, 0.4) is 0 Å². The third-order valence-corrected chi connectivity index (χ3v) is 32.6. The Kier molecular flexibility index (Phi) is 14.7. The van der Waals surface area contributed by atoms with E-state index in [-0.39, 0.29) is 10.8 Å². The summed E-state index contributed by atoms with van der Waals surface area (Å²) in [6, 6.07) is 145. The quantitative estimate of drug-likeness (QED) is 0.142. The number of fused-ring (bicyclic) bond motifs is 16. The van der Waals surface area contributed by atoms with Crippen LogP contribution in [0.2, 0.25) is 0 Å². The van der Waals surface area contributed by atoms with Gasteiger partial charge in [0.2, 0.25) is 0 Å². The van der Waals surface area contributed by atoms with Crippen LogP contribution in [0.5, 0.6) is 23.0 Å². The molecular weight excluding hydrogens is 1680 g/mol. The fraction of sp³-hybridized carbons (Fsp3) is 0.0938. The molecule has 10 nitrogen and oxygen atoms in total. The highest BCUT2D eigenvalue weighted by molar-refractivity contribution is 6.17. The number of aryl methyl sites for hydroxylation is 4. The highest BCUT2D eigenvalue weighted by Crippen LogP contribution is 2.69. The number of nitrogens with zero attached hydrogens (tertiary/aromatic N) is 8. The number of hydrogen-bond acceptors (Lipinski definition) is 4. The lowest BCUT2D eigenvalue weighted by Crippen LogP contribution is -2.76. The Morgan fingerprint density at radius 3 is 1.03 bits per heavy atom. The van der Waals surface area contributed by atoms with Gasteiger partial charge in [0.25, 0.3) is 11.6 Å². The number of hydrogen-bond donors (Lipinski definition) is 0. The second-order valence-electron chi connectivity index (χ2n) is 40.4. The fourth-order valence-corrected chi connectivity index (χ4v) is 27.1. The van der Waals surface area contributed by atoms with Gasteiger partial charge in [-0.25, -0.2) is 0 Å². The minimum atomic E-state index is -0.827. The van der Waals surface area contributed by atoms with Gasteiger partial charge in [-0.3, -0.25) is 0 Å². The monoisotopic (exact) mass is 1770 g/mol. The van der Waals surface area contributed by atoms with E-state index in [9.17, 15) is 0 Å². The maximum absolute atomic E-state index is 7.30. The van der Waals surface area contributed by atoms with Crippen LogP contribution in [0, 0.1) is 27.7 Å². The van der Waals surface area contributed by atoms with Crippen molar-refractivity contribution in [3.8, 4) is 146 Å². The maximum atomic E-state index is 7.30. The summed E-state index contributed by atoms with van der Waals surface area (Å²) in [5, 5.41) is 4.97. The Morgan fingerprint density at radius 2 is 0.572 bits per heavy atom. The lowest BCUT2D eigenvalue weighted by molar-refractivity contribution is -0.925. The number of para-hydroxylation sites is 4. The van der Waals surface area contributed by atoms with Gasteiger partial charge in [-0.1, -0.05) is 307 Å². The molecule has 648 valence electrons. The molecule has 0 bridgehead atoms. The topological polar surface area (TPSA) is 50.3 Å². The van der Waals surface area contributed by atoms with Gasteiger partial charge >= 0.3 is 22.6 Å². The van der Waals surface area contributed by atoms with Crippen molar-refractivity contribution in [3.05, 3.63) is 455 Å². The molecule has 16 heterocycles. The van der Waals surface area contributed by atoms with Crippen LogP contribution in [0.25, 0.3) is 167 Å².